The number of halogens is 5. The summed E-state index contributed by atoms with van der Waals surface area (Å²) in [5.41, 5.74) is -1.26. The number of hydrogen-bond acceptors (Lipinski definition) is 3. The molecule has 0 radical (unpaired) electrons. The first-order valence-corrected chi connectivity index (χ1v) is 6.37. The molecule has 0 bridgehead atoms. The maximum absolute atomic E-state index is 13.6. The Morgan fingerprint density at radius 3 is 2.35 bits per heavy atom. The maximum atomic E-state index is 13.6. The lowest BCUT2D eigenvalue weighted by Crippen LogP contribution is -2.42. The minimum Gasteiger partial charge on any atom is -0.339 e. The highest BCUT2D eigenvalue weighted by molar-refractivity contribution is 5.80. The lowest BCUT2D eigenvalue weighted by molar-refractivity contribution is -0.165. The second-order valence-corrected chi connectivity index (χ2v) is 4.67. The van der Waals surface area contributed by atoms with Crippen molar-refractivity contribution >= 4 is 5.91 Å². The average Bonchev–Trinajstić information content (AvgIpc) is 2.98. The van der Waals surface area contributed by atoms with Crippen LogP contribution in [0.15, 0.2) is 30.9 Å². The summed E-state index contributed by atoms with van der Waals surface area (Å²) in [4.78, 5) is 15.5. The molecule has 0 aliphatic carbocycles. The van der Waals surface area contributed by atoms with Crippen molar-refractivity contribution in [3.05, 3.63) is 48.1 Å². The van der Waals surface area contributed by atoms with Crippen molar-refractivity contribution < 1.29 is 26.7 Å². The molecule has 1 amide bonds. The molecule has 2 rings (SSSR count). The Morgan fingerprint density at radius 1 is 1.26 bits per heavy atom. The van der Waals surface area contributed by atoms with E-state index in [4.69, 9.17) is 0 Å². The number of aromatic nitrogens is 3. The van der Waals surface area contributed by atoms with Crippen molar-refractivity contribution in [3.8, 4) is 0 Å². The van der Waals surface area contributed by atoms with Crippen LogP contribution >= 0.6 is 0 Å². The molecule has 0 saturated heterocycles. The summed E-state index contributed by atoms with van der Waals surface area (Å²) in [5.74, 6) is -3.91. The van der Waals surface area contributed by atoms with Gasteiger partial charge < -0.3 is 5.32 Å². The molecule has 23 heavy (non-hydrogen) atoms. The Labute approximate surface area is 127 Å². The van der Waals surface area contributed by atoms with Gasteiger partial charge in [-0.05, 0) is 19.1 Å². The third kappa shape index (κ3) is 3.63. The molecule has 0 fully saturated rings. The fourth-order valence-corrected chi connectivity index (χ4v) is 1.90. The van der Waals surface area contributed by atoms with E-state index < -0.39 is 41.4 Å². The summed E-state index contributed by atoms with van der Waals surface area (Å²) < 4.78 is 67.7. The van der Waals surface area contributed by atoms with Gasteiger partial charge in [-0.2, -0.15) is 18.3 Å². The van der Waals surface area contributed by atoms with E-state index in [1.165, 1.54) is 6.92 Å². The van der Waals surface area contributed by atoms with Crippen LogP contribution in [-0.4, -0.2) is 26.8 Å². The fraction of sp³-hybridized carbons (Fsp3) is 0.308. The highest BCUT2D eigenvalue weighted by Gasteiger charge is 2.45. The Morgan fingerprint density at radius 2 is 1.87 bits per heavy atom. The fourth-order valence-electron chi connectivity index (χ4n) is 1.90. The lowest BCUT2D eigenvalue weighted by atomic mass is 10.0. The van der Waals surface area contributed by atoms with Gasteiger partial charge >= 0.3 is 6.18 Å². The number of nitrogens with one attached hydrogen (secondary N) is 1. The van der Waals surface area contributed by atoms with Gasteiger partial charge in [0, 0.05) is 0 Å². The summed E-state index contributed by atoms with van der Waals surface area (Å²) in [7, 11) is 0. The number of amides is 1. The van der Waals surface area contributed by atoms with E-state index in [0.717, 1.165) is 23.4 Å². The van der Waals surface area contributed by atoms with Crippen LogP contribution < -0.4 is 5.32 Å². The molecule has 0 aliphatic rings. The molecule has 1 aromatic carbocycles. The van der Waals surface area contributed by atoms with E-state index in [0.29, 0.717) is 12.1 Å². The van der Waals surface area contributed by atoms with Gasteiger partial charge in [0.15, 0.2) is 6.04 Å². The first-order chi connectivity index (χ1) is 10.7. The second kappa shape index (κ2) is 6.31. The zero-order valence-corrected chi connectivity index (χ0v) is 11.7. The predicted molar refractivity (Wildman–Crippen MR) is 68.0 cm³/mol. The summed E-state index contributed by atoms with van der Waals surface area (Å²) in [6, 6.07) is -1.66. The van der Waals surface area contributed by atoms with Crippen molar-refractivity contribution in [2.24, 2.45) is 0 Å². The van der Waals surface area contributed by atoms with Crippen LogP contribution in [0.4, 0.5) is 22.0 Å². The minimum atomic E-state index is -5.08. The van der Waals surface area contributed by atoms with Crippen LogP contribution in [0.5, 0.6) is 0 Å². The standard InChI is InChI=1S/C13H11F5N4O/c1-7(22-6-19-5-20-22)12(23)21-11(13(16,17)18)10-8(14)3-2-4-9(10)15/h2-7,11H,1H3,(H,21,23)/t7-,11-/m1/s1. The number of rotatable bonds is 4. The number of alkyl halides is 3. The normalized spacial score (nSPS) is 14.3. The largest absolute Gasteiger partial charge is 0.413 e. The molecule has 0 spiro atoms. The summed E-state index contributed by atoms with van der Waals surface area (Å²) >= 11 is 0. The van der Waals surface area contributed by atoms with E-state index in [2.05, 4.69) is 10.1 Å². The van der Waals surface area contributed by atoms with Crippen LogP contribution in [0, 0.1) is 11.6 Å². The molecule has 0 saturated carbocycles. The second-order valence-electron chi connectivity index (χ2n) is 4.67. The van der Waals surface area contributed by atoms with Gasteiger partial charge in [-0.15, -0.1) is 0 Å². The first kappa shape index (κ1) is 16.8. The number of carbonyl (C=O) groups is 1. The highest BCUT2D eigenvalue weighted by Crippen LogP contribution is 2.35. The molecule has 0 unspecified atom stereocenters. The van der Waals surface area contributed by atoms with Gasteiger partial charge in [-0.25, -0.2) is 18.4 Å². The molecule has 0 aliphatic heterocycles. The van der Waals surface area contributed by atoms with E-state index >= 15 is 0 Å². The van der Waals surface area contributed by atoms with Gasteiger partial charge in [0.1, 0.15) is 30.3 Å². The zero-order valence-electron chi connectivity index (χ0n) is 11.7. The van der Waals surface area contributed by atoms with Crippen LogP contribution in [0.25, 0.3) is 0 Å². The third-order valence-electron chi connectivity index (χ3n) is 3.12. The molecule has 1 aromatic heterocycles. The molecular formula is C13H11F5N4O. The number of hydrogen-bond donors (Lipinski definition) is 1. The van der Waals surface area contributed by atoms with Crippen LogP contribution in [0.2, 0.25) is 0 Å². The third-order valence-corrected chi connectivity index (χ3v) is 3.12. The Bertz CT molecular complexity index is 666. The van der Waals surface area contributed by atoms with Crippen molar-refractivity contribution in [1.29, 1.82) is 0 Å². The van der Waals surface area contributed by atoms with E-state index in [1.807, 2.05) is 0 Å². The van der Waals surface area contributed by atoms with Gasteiger partial charge in [0.2, 0.25) is 5.91 Å². The summed E-state index contributed by atoms with van der Waals surface area (Å²) in [6.07, 6.45) is -2.85. The number of carbonyl (C=O) groups excluding carboxylic acids is 1. The van der Waals surface area contributed by atoms with E-state index in [1.54, 1.807) is 5.32 Å². The predicted octanol–water partition coefficient (Wildman–Crippen LogP) is 2.54. The van der Waals surface area contributed by atoms with Crippen LogP contribution in [0.1, 0.15) is 24.6 Å². The van der Waals surface area contributed by atoms with Crippen molar-refractivity contribution in [3.63, 3.8) is 0 Å². The maximum Gasteiger partial charge on any atom is 0.413 e. The lowest BCUT2D eigenvalue weighted by Gasteiger charge is -2.24. The number of nitrogens with zero attached hydrogens (tertiary/aromatic N) is 3. The highest BCUT2D eigenvalue weighted by atomic mass is 19.4. The Balaban J connectivity index is 2.32. The smallest absolute Gasteiger partial charge is 0.339 e. The molecule has 1 N–H and O–H groups in total. The van der Waals surface area contributed by atoms with Gasteiger partial charge in [0.25, 0.3) is 0 Å². The molecule has 2 aromatic rings. The van der Waals surface area contributed by atoms with Gasteiger partial charge in [0.05, 0.1) is 5.56 Å². The van der Waals surface area contributed by atoms with Crippen molar-refractivity contribution in [2.45, 2.75) is 25.2 Å². The topological polar surface area (TPSA) is 59.8 Å². The number of benzene rings is 1. The van der Waals surface area contributed by atoms with E-state index in [-0.39, 0.29) is 0 Å². The monoisotopic (exact) mass is 334 g/mol. The molecule has 124 valence electrons. The summed E-state index contributed by atoms with van der Waals surface area (Å²) in [5, 5.41) is 5.24. The van der Waals surface area contributed by atoms with Gasteiger partial charge in [-0.3, -0.25) is 4.79 Å². The quantitative estimate of drug-likeness (QED) is 0.874. The van der Waals surface area contributed by atoms with Crippen molar-refractivity contribution in [1.82, 2.24) is 20.1 Å². The summed E-state index contributed by atoms with van der Waals surface area (Å²) in [6.45, 7) is 1.27. The first-order valence-electron chi connectivity index (χ1n) is 6.37. The molecule has 10 heteroatoms. The molecule has 5 nitrogen and oxygen atoms in total. The Hall–Kier alpha value is -2.52. The minimum absolute atomic E-state index is 0.685. The van der Waals surface area contributed by atoms with Gasteiger partial charge in [-0.1, -0.05) is 6.07 Å². The van der Waals surface area contributed by atoms with Crippen LogP contribution in [-0.2, 0) is 4.79 Å². The average molecular weight is 334 g/mol. The molecule has 2 atom stereocenters. The van der Waals surface area contributed by atoms with E-state index in [9.17, 15) is 26.7 Å². The SMILES string of the molecule is C[C@H](C(=O)N[C@H](c1c(F)cccc1F)C(F)(F)F)n1cncn1. The Kier molecular flexibility index (Phi) is 4.62. The van der Waals surface area contributed by atoms with Crippen LogP contribution in [0.3, 0.4) is 0 Å². The van der Waals surface area contributed by atoms with Crippen molar-refractivity contribution in [2.75, 3.05) is 0 Å². The molecule has 1 heterocycles. The zero-order chi connectivity index (χ0) is 17.2. The molecular weight excluding hydrogens is 323 g/mol.